The molecule has 0 spiro atoms. The Morgan fingerprint density at radius 1 is 0.735 bits per heavy atom. The van der Waals surface area contributed by atoms with Crippen molar-refractivity contribution in [3.05, 3.63) is 137 Å². The summed E-state index contributed by atoms with van der Waals surface area (Å²) in [6.45, 7) is 7.56. The minimum Gasteiger partial charge on any atom is -0.409 e. The number of ether oxygens (including phenoxy) is 5. The van der Waals surface area contributed by atoms with Gasteiger partial charge in [-0.1, -0.05) is 62.4 Å². The highest BCUT2D eigenvalue weighted by atomic mass is 35.5. The predicted molar refractivity (Wildman–Crippen MR) is 368 cm³/mol. The first-order valence-electron chi connectivity index (χ1n) is 32.6. The third-order valence-electron chi connectivity index (χ3n) is 17.0. The van der Waals surface area contributed by atoms with Crippen LogP contribution < -0.4 is 31.3 Å². The minimum absolute atomic E-state index is 0.000731. The zero-order chi connectivity index (χ0) is 69.4. The van der Waals surface area contributed by atoms with Crippen LogP contribution in [-0.4, -0.2) is 212 Å². The van der Waals surface area contributed by atoms with Crippen LogP contribution in [0, 0.1) is 12.8 Å². The quantitative estimate of drug-likeness (QED) is 0.0151. The molecule has 1 saturated heterocycles. The molecule has 10 rings (SSSR count). The van der Waals surface area contributed by atoms with E-state index in [1.807, 2.05) is 56.5 Å². The van der Waals surface area contributed by atoms with E-state index in [1.54, 1.807) is 65.6 Å². The fourth-order valence-corrected chi connectivity index (χ4v) is 13.2. The number of halogens is 1. The SMILES string of the molecule is Cc1csc2c(OC(=O)N3CCN(C(=O)CNC(=O)[C@H](CC(C)C)N(C(=O)CCOCCOCCOCCOCCNC(=O)CCN4C(=O)C=CC4=O)C(=O)[C@@H](N)Cc4ccccc4)CC3)cc3c(c12)[C@H](CCl)CN3C(=O)c1cc2cc(NC(=O)c3cc4ccccc4[nH]3)ccc2[nH]1. The van der Waals surface area contributed by atoms with Gasteiger partial charge < -0.3 is 70.0 Å². The molecule has 0 aliphatic carbocycles. The average molecular weight is 1380 g/mol. The lowest BCUT2D eigenvalue weighted by molar-refractivity contribution is -0.154. The molecule has 3 aliphatic rings. The summed E-state index contributed by atoms with van der Waals surface area (Å²) in [5.41, 5.74) is 12.4. The number of carbonyl (C=O) groups is 10. The molecule has 4 aromatic carbocycles. The molecule has 6 heterocycles. The molecule has 0 radical (unpaired) electrons. The van der Waals surface area contributed by atoms with Gasteiger partial charge in [0.2, 0.25) is 29.5 Å². The number of aryl methyl sites for hydroxylation is 1. The minimum atomic E-state index is -1.33. The lowest BCUT2D eigenvalue weighted by atomic mass is 9.97. The van der Waals surface area contributed by atoms with Gasteiger partial charge in [0.1, 0.15) is 17.4 Å². The molecule has 3 atom stereocenters. The summed E-state index contributed by atoms with van der Waals surface area (Å²) < 4.78 is 29.2. The second kappa shape index (κ2) is 33.7. The van der Waals surface area contributed by atoms with E-state index in [-0.39, 0.29) is 166 Å². The number of para-hydroxylation sites is 1. The predicted octanol–water partition coefficient (Wildman–Crippen LogP) is 6.39. The van der Waals surface area contributed by atoms with Crippen molar-refractivity contribution in [1.82, 2.24) is 40.2 Å². The number of thiophene rings is 1. The van der Waals surface area contributed by atoms with Gasteiger partial charge in [0.15, 0.2) is 5.75 Å². The number of nitrogens with zero attached hydrogens (tertiary/aromatic N) is 5. The molecule has 98 heavy (non-hydrogen) atoms. The van der Waals surface area contributed by atoms with Gasteiger partial charge in [0.05, 0.1) is 82.2 Å². The van der Waals surface area contributed by atoms with Crippen molar-refractivity contribution in [1.29, 1.82) is 0 Å². The van der Waals surface area contributed by atoms with Crippen molar-refractivity contribution >= 4 is 125 Å². The number of imide groups is 2. The Kier molecular flexibility index (Phi) is 24.6. The molecule has 518 valence electrons. The van der Waals surface area contributed by atoms with Gasteiger partial charge in [0, 0.05) is 115 Å². The van der Waals surface area contributed by atoms with Crippen molar-refractivity contribution in [2.45, 2.75) is 64.5 Å². The summed E-state index contributed by atoms with van der Waals surface area (Å²) >= 11 is 8.06. The van der Waals surface area contributed by atoms with Crippen molar-refractivity contribution in [2.75, 3.05) is 121 Å². The molecule has 0 saturated carbocycles. The zero-order valence-electron chi connectivity index (χ0n) is 54.8. The van der Waals surface area contributed by atoms with E-state index in [0.29, 0.717) is 38.4 Å². The van der Waals surface area contributed by atoms with Crippen molar-refractivity contribution in [2.24, 2.45) is 11.7 Å². The fraction of sp³-hybridized carbons (Fsp3) is 0.400. The van der Waals surface area contributed by atoms with Crippen LogP contribution in [0.3, 0.4) is 0 Å². The van der Waals surface area contributed by atoms with Crippen LogP contribution in [-0.2, 0) is 58.9 Å². The third-order valence-corrected chi connectivity index (χ3v) is 18.5. The van der Waals surface area contributed by atoms with Gasteiger partial charge in [-0.2, -0.15) is 0 Å². The highest BCUT2D eigenvalue weighted by Crippen LogP contribution is 2.49. The standard InChI is InChI=1S/C70H80ClN11O15S/c1-43(2)33-56(82(68(90)50(72)34-45-9-5-4-6-10-45)61(86)18-25-93-27-29-95-31-32-96-30-28-94-26-19-73-58(83)17-20-80-59(84)15-16-60(80)85)67(89)74-40-62(87)78-21-23-79(24-22-78)70(92)97-57-38-55-64(63-44(3)42-98-65(57)63)48(39-71)41-81(55)69(91)54-37-47-35-49(13-14-52(47)77-54)75-66(88)53-36-46-11-7-8-12-51(46)76-53/h4-16,35-38,42-43,48,50,56,76-77H,17-34,39-41,72H2,1-3H3,(H,73,83)(H,74,89)(H,75,88)/t48-,50+,56+/m1/s1. The monoisotopic (exact) mass is 1380 g/mol. The highest BCUT2D eigenvalue weighted by Gasteiger charge is 2.40. The van der Waals surface area contributed by atoms with Crippen LogP contribution in [0.25, 0.3) is 31.9 Å². The second-order valence-corrected chi connectivity index (χ2v) is 25.6. The Balaban J connectivity index is 0.689. The van der Waals surface area contributed by atoms with Crippen LogP contribution in [0.2, 0.25) is 0 Å². The molecule has 10 amide bonds. The van der Waals surface area contributed by atoms with Gasteiger partial charge in [-0.25, -0.2) is 4.79 Å². The van der Waals surface area contributed by atoms with Crippen LogP contribution in [0.4, 0.5) is 16.2 Å². The van der Waals surface area contributed by atoms with E-state index in [1.165, 1.54) is 33.3 Å². The number of aromatic amines is 2. The average Bonchev–Trinajstić information content (AvgIpc) is 1.57. The van der Waals surface area contributed by atoms with Crippen LogP contribution in [0.15, 0.2) is 109 Å². The molecule has 1 fully saturated rings. The van der Waals surface area contributed by atoms with Crippen molar-refractivity contribution < 1.29 is 71.6 Å². The van der Waals surface area contributed by atoms with Gasteiger partial charge in [-0.3, -0.25) is 53.0 Å². The van der Waals surface area contributed by atoms with E-state index >= 15 is 0 Å². The van der Waals surface area contributed by atoms with Crippen LogP contribution >= 0.6 is 22.9 Å². The number of rotatable bonds is 32. The Hall–Kier alpha value is -9.35. The maximum Gasteiger partial charge on any atom is 0.415 e. The first-order chi connectivity index (χ1) is 47.3. The number of hydrogen-bond acceptors (Lipinski definition) is 17. The maximum absolute atomic E-state index is 14.6. The normalized spacial score (nSPS) is 15.1. The molecule has 0 bridgehead atoms. The number of nitrogens with one attached hydrogen (secondary N) is 5. The first kappa shape index (κ1) is 71.4. The molecule has 26 nitrogen and oxygen atoms in total. The number of benzene rings is 4. The Morgan fingerprint density at radius 3 is 2.07 bits per heavy atom. The van der Waals surface area contributed by atoms with E-state index in [0.717, 1.165) is 42.8 Å². The number of carbonyl (C=O) groups excluding carboxylic acids is 10. The molecule has 28 heteroatoms. The van der Waals surface area contributed by atoms with E-state index in [9.17, 15) is 47.9 Å². The second-order valence-electron chi connectivity index (χ2n) is 24.4. The Morgan fingerprint density at radius 2 is 1.38 bits per heavy atom. The largest absolute Gasteiger partial charge is 0.415 e. The third kappa shape index (κ3) is 17.9. The number of nitrogens with two attached hydrogens (primary N) is 1. The Bertz CT molecular complexity index is 4060. The zero-order valence-corrected chi connectivity index (χ0v) is 56.3. The summed E-state index contributed by atoms with van der Waals surface area (Å²) in [7, 11) is 0. The van der Waals surface area contributed by atoms with Gasteiger partial charge in [-0.15, -0.1) is 22.9 Å². The van der Waals surface area contributed by atoms with Crippen LogP contribution in [0.1, 0.15) is 76.7 Å². The molecule has 3 aliphatic heterocycles. The Labute approximate surface area is 574 Å². The molecule has 0 unspecified atom stereocenters. The lowest BCUT2D eigenvalue weighted by Crippen LogP contribution is -2.58. The number of hydrogen-bond donors (Lipinski definition) is 6. The van der Waals surface area contributed by atoms with Crippen molar-refractivity contribution in [3.8, 4) is 5.75 Å². The van der Waals surface area contributed by atoms with E-state index < -0.39 is 60.2 Å². The fourth-order valence-electron chi connectivity index (χ4n) is 12.0. The smallest absolute Gasteiger partial charge is 0.409 e. The van der Waals surface area contributed by atoms with Crippen molar-refractivity contribution in [3.63, 3.8) is 0 Å². The number of piperazine rings is 1. The molecule has 7 N–H and O–H groups in total. The number of alkyl halides is 1. The molecular formula is C70H80ClN11O15S. The van der Waals surface area contributed by atoms with E-state index in [4.69, 9.17) is 41.0 Å². The summed E-state index contributed by atoms with van der Waals surface area (Å²) in [5.74, 6) is -4.40. The summed E-state index contributed by atoms with van der Waals surface area (Å²) in [6, 6.07) is 24.7. The van der Waals surface area contributed by atoms with E-state index in [2.05, 4.69) is 25.9 Å². The molecular weight excluding hydrogens is 1300 g/mol. The number of anilines is 2. The van der Waals surface area contributed by atoms with Gasteiger partial charge in [-0.05, 0) is 84.2 Å². The maximum atomic E-state index is 14.6. The first-order valence-corrected chi connectivity index (χ1v) is 34.0. The summed E-state index contributed by atoms with van der Waals surface area (Å²) in [5, 5.41) is 12.7. The number of H-pyrrole nitrogens is 2. The van der Waals surface area contributed by atoms with Gasteiger partial charge in [0.25, 0.3) is 23.6 Å². The lowest BCUT2D eigenvalue weighted by Gasteiger charge is -2.35. The van der Waals surface area contributed by atoms with Gasteiger partial charge >= 0.3 is 6.09 Å². The number of fused-ring (bicyclic) bond motifs is 5. The molecule has 7 aromatic rings. The number of amides is 10. The van der Waals surface area contributed by atoms with Crippen LogP contribution in [0.5, 0.6) is 5.75 Å². The topological polar surface area (TPSA) is 327 Å². The molecule has 3 aromatic heterocycles. The highest BCUT2D eigenvalue weighted by molar-refractivity contribution is 7.17. The number of aromatic nitrogens is 2. The summed E-state index contributed by atoms with van der Waals surface area (Å²) in [6.07, 6.45) is 1.54. The summed E-state index contributed by atoms with van der Waals surface area (Å²) in [4.78, 5) is 147.